The van der Waals surface area contributed by atoms with Gasteiger partial charge < -0.3 is 9.47 Å². The van der Waals surface area contributed by atoms with Crippen molar-refractivity contribution in [2.75, 3.05) is 13.7 Å². The van der Waals surface area contributed by atoms with Crippen molar-refractivity contribution in [2.24, 2.45) is 5.10 Å². The summed E-state index contributed by atoms with van der Waals surface area (Å²) in [6.07, 6.45) is 3.22. The number of carbonyl (C=O) groups excluding carboxylic acids is 1. The molecule has 7 heteroatoms. The molecule has 1 amide bonds. The molecule has 0 saturated carbocycles. The van der Waals surface area contributed by atoms with Crippen molar-refractivity contribution in [3.63, 3.8) is 0 Å². The fraction of sp³-hybridized carbons (Fsp3) is 0.111. The Morgan fingerprint density at radius 1 is 1.40 bits per heavy atom. The van der Waals surface area contributed by atoms with Gasteiger partial charge in [-0.2, -0.15) is 5.10 Å². The molecule has 0 unspecified atom stereocenters. The number of hydrogen-bond acceptors (Lipinski definition) is 4. The van der Waals surface area contributed by atoms with Gasteiger partial charge in [-0.1, -0.05) is 24.8 Å². The highest BCUT2D eigenvalue weighted by Gasteiger charge is 2.11. The van der Waals surface area contributed by atoms with Crippen LogP contribution in [0.25, 0.3) is 0 Å². The van der Waals surface area contributed by atoms with Gasteiger partial charge in [-0.3, -0.25) is 4.79 Å². The number of hydrogen-bond donors (Lipinski definition) is 1. The Morgan fingerprint density at radius 2 is 2.16 bits per heavy atom. The second-order valence-electron chi connectivity index (χ2n) is 4.81. The van der Waals surface area contributed by atoms with Gasteiger partial charge in [0.05, 0.1) is 22.5 Å². The Balaban J connectivity index is 2.13. The van der Waals surface area contributed by atoms with Crippen molar-refractivity contribution in [1.29, 1.82) is 0 Å². The summed E-state index contributed by atoms with van der Waals surface area (Å²) >= 11 is 5.50. The minimum absolute atomic E-state index is 0.295. The van der Waals surface area contributed by atoms with Gasteiger partial charge in [-0.05, 0) is 68.3 Å². The number of rotatable bonds is 7. The zero-order valence-corrected chi connectivity index (χ0v) is 17.2. The van der Waals surface area contributed by atoms with Gasteiger partial charge >= 0.3 is 0 Å². The van der Waals surface area contributed by atoms with E-state index in [9.17, 15) is 4.79 Å². The van der Waals surface area contributed by atoms with Crippen LogP contribution in [0.3, 0.4) is 0 Å². The summed E-state index contributed by atoms with van der Waals surface area (Å²) in [6, 6.07) is 10.8. The van der Waals surface area contributed by atoms with Crippen molar-refractivity contribution >= 4 is 50.6 Å². The molecule has 0 heterocycles. The van der Waals surface area contributed by atoms with Crippen LogP contribution in [0.15, 0.2) is 58.6 Å². The van der Waals surface area contributed by atoms with E-state index in [1.54, 1.807) is 43.7 Å². The predicted octanol–water partition coefficient (Wildman–Crippen LogP) is 4.39. The van der Waals surface area contributed by atoms with Crippen LogP contribution >= 0.6 is 38.5 Å². The maximum atomic E-state index is 12.1. The van der Waals surface area contributed by atoms with Crippen LogP contribution in [0.2, 0.25) is 0 Å². The Morgan fingerprint density at radius 3 is 2.84 bits per heavy atom. The average Bonchev–Trinajstić information content (AvgIpc) is 2.60. The maximum Gasteiger partial charge on any atom is 0.272 e. The minimum atomic E-state index is -0.295. The standard InChI is InChI=1S/C18H16BrIN2O3/c1-3-8-25-17-15(20)9-12(10-16(17)24-2)11-21-22-18(23)13-6-4-5-7-14(13)19/h3-7,9-11H,1,8H2,2H3,(H,22,23)/b21-11-. The van der Waals surface area contributed by atoms with E-state index >= 15 is 0 Å². The van der Waals surface area contributed by atoms with Crippen molar-refractivity contribution in [3.05, 3.63) is 68.2 Å². The fourth-order valence-electron chi connectivity index (χ4n) is 1.97. The normalized spacial score (nSPS) is 10.5. The molecule has 0 spiro atoms. The summed E-state index contributed by atoms with van der Waals surface area (Å²) in [4.78, 5) is 12.1. The first-order chi connectivity index (χ1) is 12.1. The highest BCUT2D eigenvalue weighted by atomic mass is 127. The van der Waals surface area contributed by atoms with Gasteiger partial charge in [0.15, 0.2) is 11.5 Å². The molecule has 0 atom stereocenters. The van der Waals surface area contributed by atoms with Crippen LogP contribution in [0.1, 0.15) is 15.9 Å². The summed E-state index contributed by atoms with van der Waals surface area (Å²) in [5.74, 6) is 0.945. The van der Waals surface area contributed by atoms with Gasteiger partial charge in [0.1, 0.15) is 6.61 Å². The van der Waals surface area contributed by atoms with Crippen molar-refractivity contribution in [3.8, 4) is 11.5 Å². The molecule has 5 nitrogen and oxygen atoms in total. The first-order valence-corrected chi connectivity index (χ1v) is 9.13. The van der Waals surface area contributed by atoms with E-state index in [4.69, 9.17) is 9.47 Å². The molecule has 25 heavy (non-hydrogen) atoms. The number of hydrazone groups is 1. The molecule has 130 valence electrons. The molecule has 0 saturated heterocycles. The molecule has 2 rings (SSSR count). The topological polar surface area (TPSA) is 59.9 Å². The van der Waals surface area contributed by atoms with Crippen LogP contribution in [0.4, 0.5) is 0 Å². The summed E-state index contributed by atoms with van der Waals surface area (Å²) < 4.78 is 12.5. The lowest BCUT2D eigenvalue weighted by atomic mass is 10.2. The van der Waals surface area contributed by atoms with E-state index in [-0.39, 0.29) is 5.91 Å². The van der Waals surface area contributed by atoms with E-state index in [0.717, 1.165) is 9.13 Å². The zero-order valence-electron chi connectivity index (χ0n) is 13.5. The number of halogens is 2. The zero-order chi connectivity index (χ0) is 18.2. The van der Waals surface area contributed by atoms with Crippen LogP contribution in [0.5, 0.6) is 11.5 Å². The molecule has 2 aromatic carbocycles. The lowest BCUT2D eigenvalue weighted by molar-refractivity contribution is 0.0954. The second kappa shape index (κ2) is 9.57. The van der Waals surface area contributed by atoms with Gasteiger partial charge in [0, 0.05) is 4.47 Å². The molecule has 0 radical (unpaired) electrons. The minimum Gasteiger partial charge on any atom is -0.493 e. The van der Waals surface area contributed by atoms with E-state index in [2.05, 4.69) is 55.6 Å². The first kappa shape index (κ1) is 19.5. The number of benzene rings is 2. The molecule has 0 aliphatic carbocycles. The van der Waals surface area contributed by atoms with Crippen molar-refractivity contribution in [2.45, 2.75) is 0 Å². The lowest BCUT2D eigenvalue weighted by Gasteiger charge is -2.12. The summed E-state index contributed by atoms with van der Waals surface area (Å²) in [7, 11) is 1.57. The monoisotopic (exact) mass is 514 g/mol. The summed E-state index contributed by atoms with van der Waals surface area (Å²) in [6.45, 7) is 4.02. The molecular weight excluding hydrogens is 499 g/mol. The Labute approximate surface area is 168 Å². The molecule has 0 aromatic heterocycles. The van der Waals surface area contributed by atoms with E-state index in [0.29, 0.717) is 28.1 Å². The highest BCUT2D eigenvalue weighted by Crippen LogP contribution is 2.33. The lowest BCUT2D eigenvalue weighted by Crippen LogP contribution is -2.18. The second-order valence-corrected chi connectivity index (χ2v) is 6.83. The molecule has 1 N–H and O–H groups in total. The van der Waals surface area contributed by atoms with E-state index < -0.39 is 0 Å². The van der Waals surface area contributed by atoms with E-state index in [1.165, 1.54) is 0 Å². The third kappa shape index (κ3) is 5.30. The highest BCUT2D eigenvalue weighted by molar-refractivity contribution is 14.1. The molecule has 0 aliphatic rings. The Hall–Kier alpha value is -1.87. The molecular formula is C18H16BrIN2O3. The first-order valence-electron chi connectivity index (χ1n) is 7.26. The van der Waals surface area contributed by atoms with E-state index in [1.807, 2.05) is 12.1 Å². The Kier molecular flexibility index (Phi) is 7.45. The summed E-state index contributed by atoms with van der Waals surface area (Å²) in [5.41, 5.74) is 3.80. The molecule has 2 aromatic rings. The summed E-state index contributed by atoms with van der Waals surface area (Å²) in [5, 5.41) is 4.01. The fourth-order valence-corrected chi connectivity index (χ4v) is 3.21. The van der Waals surface area contributed by atoms with Crippen molar-refractivity contribution in [1.82, 2.24) is 5.43 Å². The average molecular weight is 515 g/mol. The quantitative estimate of drug-likeness (QED) is 0.258. The van der Waals surface area contributed by atoms with Crippen LogP contribution < -0.4 is 14.9 Å². The number of nitrogens with one attached hydrogen (secondary N) is 1. The SMILES string of the molecule is C=CCOc1c(I)cc(/C=N\NC(=O)c2ccccc2Br)cc1OC. The van der Waals surface area contributed by atoms with Gasteiger partial charge in [-0.25, -0.2) is 5.43 Å². The third-order valence-corrected chi connectivity index (χ3v) is 4.59. The molecule has 0 bridgehead atoms. The largest absolute Gasteiger partial charge is 0.493 e. The smallest absolute Gasteiger partial charge is 0.272 e. The predicted molar refractivity (Wildman–Crippen MR) is 111 cm³/mol. The number of nitrogens with zero attached hydrogens (tertiary/aromatic N) is 1. The van der Waals surface area contributed by atoms with Gasteiger partial charge in [0.2, 0.25) is 0 Å². The number of carbonyl (C=O) groups is 1. The molecule has 0 aliphatic heterocycles. The van der Waals surface area contributed by atoms with Crippen LogP contribution in [0, 0.1) is 3.57 Å². The van der Waals surface area contributed by atoms with Gasteiger partial charge in [0.25, 0.3) is 5.91 Å². The van der Waals surface area contributed by atoms with Gasteiger partial charge in [-0.15, -0.1) is 0 Å². The maximum absolute atomic E-state index is 12.1. The third-order valence-electron chi connectivity index (χ3n) is 3.10. The number of methoxy groups -OCH3 is 1. The molecule has 0 fully saturated rings. The number of ether oxygens (including phenoxy) is 2. The van der Waals surface area contributed by atoms with Crippen LogP contribution in [-0.4, -0.2) is 25.8 Å². The Bertz CT molecular complexity index is 809. The van der Waals surface area contributed by atoms with Crippen molar-refractivity contribution < 1.29 is 14.3 Å². The number of amides is 1. The van der Waals surface area contributed by atoms with Crippen LogP contribution in [-0.2, 0) is 0 Å².